The van der Waals surface area contributed by atoms with E-state index in [1.54, 1.807) is 12.1 Å². The van der Waals surface area contributed by atoms with Gasteiger partial charge in [-0.15, -0.1) is 11.3 Å². The van der Waals surface area contributed by atoms with E-state index < -0.39 is 15.7 Å². The number of halogens is 1. The number of aromatic nitrogens is 1. The van der Waals surface area contributed by atoms with E-state index in [0.29, 0.717) is 11.3 Å². The van der Waals surface area contributed by atoms with Crippen molar-refractivity contribution in [3.8, 4) is 17.1 Å². The molecule has 0 aliphatic rings. The van der Waals surface area contributed by atoms with Crippen LogP contribution in [-0.2, 0) is 16.4 Å². The highest BCUT2D eigenvalue weighted by molar-refractivity contribution is 7.90. The van der Waals surface area contributed by atoms with Gasteiger partial charge in [0, 0.05) is 16.7 Å². The molecule has 24 heavy (non-hydrogen) atoms. The van der Waals surface area contributed by atoms with E-state index in [4.69, 9.17) is 4.74 Å². The third-order valence-corrected chi connectivity index (χ3v) is 5.30. The maximum atomic E-state index is 13.9. The van der Waals surface area contributed by atoms with E-state index in [1.807, 2.05) is 17.5 Å². The molecule has 0 atom stereocenters. The number of ether oxygens (including phenoxy) is 1. The molecule has 2 heterocycles. The quantitative estimate of drug-likeness (QED) is 0.689. The number of hydrogen-bond acceptors (Lipinski definition) is 5. The van der Waals surface area contributed by atoms with Gasteiger partial charge in [0.15, 0.2) is 15.7 Å². The predicted molar refractivity (Wildman–Crippen MR) is 91.4 cm³/mol. The number of pyridine rings is 1. The predicted octanol–water partition coefficient (Wildman–Crippen LogP) is 3.93. The number of thiophene rings is 1. The number of sulfone groups is 1. The lowest BCUT2D eigenvalue weighted by molar-refractivity contribution is 0.281. The normalized spacial score (nSPS) is 11.4. The molecule has 0 radical (unpaired) electrons. The third kappa shape index (κ3) is 3.80. The SMILES string of the molecule is CS(=O)(=O)c1ccc(-c2ccc(F)c(OCc3cccs3)n2)cc1. The first-order valence-corrected chi connectivity index (χ1v) is 9.83. The summed E-state index contributed by atoms with van der Waals surface area (Å²) in [6.45, 7) is 0.248. The maximum absolute atomic E-state index is 13.9. The number of hydrogen-bond donors (Lipinski definition) is 0. The Morgan fingerprint density at radius 2 is 1.88 bits per heavy atom. The van der Waals surface area contributed by atoms with Crippen molar-refractivity contribution in [1.29, 1.82) is 0 Å². The summed E-state index contributed by atoms with van der Waals surface area (Å²) in [7, 11) is -3.25. The molecule has 3 rings (SSSR count). The number of nitrogens with zero attached hydrogens (tertiary/aromatic N) is 1. The van der Waals surface area contributed by atoms with Crippen LogP contribution < -0.4 is 4.74 Å². The minimum absolute atomic E-state index is 0.0758. The summed E-state index contributed by atoms with van der Waals surface area (Å²) in [6.07, 6.45) is 1.15. The Labute approximate surface area is 143 Å². The van der Waals surface area contributed by atoms with Crippen LogP contribution in [-0.4, -0.2) is 19.7 Å². The highest BCUT2D eigenvalue weighted by Crippen LogP contribution is 2.24. The van der Waals surface area contributed by atoms with Gasteiger partial charge in [0.05, 0.1) is 10.6 Å². The first-order valence-electron chi connectivity index (χ1n) is 7.06. The van der Waals surface area contributed by atoms with Crippen LogP contribution in [0.2, 0.25) is 0 Å². The third-order valence-electron chi connectivity index (χ3n) is 3.32. The Balaban J connectivity index is 1.85. The van der Waals surface area contributed by atoms with E-state index in [-0.39, 0.29) is 17.4 Å². The Hall–Kier alpha value is -2.25. The Bertz CT molecular complexity index is 936. The van der Waals surface area contributed by atoms with Crippen LogP contribution >= 0.6 is 11.3 Å². The summed E-state index contributed by atoms with van der Waals surface area (Å²) in [5.74, 6) is -0.615. The average molecular weight is 363 g/mol. The molecule has 0 unspecified atom stereocenters. The van der Waals surface area contributed by atoms with E-state index in [2.05, 4.69) is 4.98 Å². The van der Waals surface area contributed by atoms with Crippen LogP contribution in [0.1, 0.15) is 4.88 Å². The minimum atomic E-state index is -3.25. The molecule has 0 bridgehead atoms. The van der Waals surface area contributed by atoms with E-state index in [9.17, 15) is 12.8 Å². The summed E-state index contributed by atoms with van der Waals surface area (Å²) in [6, 6.07) is 12.9. The zero-order valence-corrected chi connectivity index (χ0v) is 14.4. The molecule has 0 saturated carbocycles. The van der Waals surface area contributed by atoms with Crippen LogP contribution in [0.3, 0.4) is 0 Å². The molecule has 2 aromatic heterocycles. The average Bonchev–Trinajstić information content (AvgIpc) is 3.07. The number of rotatable bonds is 5. The highest BCUT2D eigenvalue weighted by atomic mass is 32.2. The van der Waals surface area contributed by atoms with Gasteiger partial charge in [0.25, 0.3) is 5.88 Å². The fraction of sp³-hybridized carbons (Fsp3) is 0.118. The van der Waals surface area contributed by atoms with Crippen molar-refractivity contribution >= 4 is 21.2 Å². The van der Waals surface area contributed by atoms with Crippen LogP contribution in [0.15, 0.2) is 58.8 Å². The van der Waals surface area contributed by atoms with Gasteiger partial charge < -0.3 is 4.74 Å². The summed E-state index contributed by atoms with van der Waals surface area (Å²) in [5.41, 5.74) is 1.20. The molecule has 0 aliphatic carbocycles. The van der Waals surface area contributed by atoms with Gasteiger partial charge in [-0.3, -0.25) is 0 Å². The molecule has 0 aliphatic heterocycles. The molecule has 3 aromatic rings. The van der Waals surface area contributed by atoms with Crippen molar-refractivity contribution in [2.24, 2.45) is 0 Å². The summed E-state index contributed by atoms with van der Waals surface area (Å²) in [4.78, 5) is 5.39. The van der Waals surface area contributed by atoms with Crippen molar-refractivity contribution in [2.45, 2.75) is 11.5 Å². The van der Waals surface area contributed by atoms with E-state index >= 15 is 0 Å². The van der Waals surface area contributed by atoms with Gasteiger partial charge in [-0.2, -0.15) is 0 Å². The molecule has 0 fully saturated rings. The Morgan fingerprint density at radius 3 is 2.50 bits per heavy atom. The second-order valence-electron chi connectivity index (χ2n) is 5.15. The molecule has 7 heteroatoms. The zero-order chi connectivity index (χ0) is 17.2. The topological polar surface area (TPSA) is 56.3 Å². The largest absolute Gasteiger partial charge is 0.470 e. The lowest BCUT2D eigenvalue weighted by Gasteiger charge is -2.08. The highest BCUT2D eigenvalue weighted by Gasteiger charge is 2.11. The second kappa shape index (κ2) is 6.70. The molecule has 0 N–H and O–H groups in total. The van der Waals surface area contributed by atoms with Crippen LogP contribution in [0.4, 0.5) is 4.39 Å². The van der Waals surface area contributed by atoms with Crippen LogP contribution in [0.5, 0.6) is 5.88 Å². The van der Waals surface area contributed by atoms with Crippen molar-refractivity contribution < 1.29 is 17.5 Å². The standard InChI is InChI=1S/C17H14FNO3S2/c1-24(20,21)14-6-4-12(5-7-14)16-9-8-15(18)17(19-16)22-11-13-3-2-10-23-13/h2-10H,11H2,1H3. The second-order valence-corrected chi connectivity index (χ2v) is 8.20. The Kier molecular flexibility index (Phi) is 4.64. The van der Waals surface area contributed by atoms with Gasteiger partial charge in [0.1, 0.15) is 6.61 Å². The first kappa shape index (κ1) is 16.6. The number of benzene rings is 1. The first-order chi connectivity index (χ1) is 11.4. The zero-order valence-electron chi connectivity index (χ0n) is 12.8. The van der Waals surface area contributed by atoms with Crippen molar-refractivity contribution in [1.82, 2.24) is 4.98 Å². The molecule has 0 amide bonds. The van der Waals surface area contributed by atoms with Crippen molar-refractivity contribution in [3.63, 3.8) is 0 Å². The van der Waals surface area contributed by atoms with Gasteiger partial charge in [-0.05, 0) is 35.7 Å². The van der Waals surface area contributed by atoms with Gasteiger partial charge in [0.2, 0.25) is 0 Å². The van der Waals surface area contributed by atoms with E-state index in [1.165, 1.54) is 35.6 Å². The molecular formula is C17H14FNO3S2. The van der Waals surface area contributed by atoms with Crippen LogP contribution in [0.25, 0.3) is 11.3 Å². The molecule has 0 saturated heterocycles. The molecule has 124 valence electrons. The van der Waals surface area contributed by atoms with Gasteiger partial charge in [-0.25, -0.2) is 17.8 Å². The summed E-state index contributed by atoms with van der Waals surface area (Å²) >= 11 is 1.52. The maximum Gasteiger partial charge on any atom is 0.251 e. The molecule has 1 aromatic carbocycles. The summed E-state index contributed by atoms with van der Waals surface area (Å²) < 4.78 is 42.3. The van der Waals surface area contributed by atoms with Crippen molar-refractivity contribution in [3.05, 3.63) is 64.6 Å². The lowest BCUT2D eigenvalue weighted by Crippen LogP contribution is -2.00. The monoisotopic (exact) mass is 363 g/mol. The van der Waals surface area contributed by atoms with Crippen LogP contribution in [0, 0.1) is 5.82 Å². The molecular weight excluding hydrogens is 349 g/mol. The van der Waals surface area contributed by atoms with Gasteiger partial charge >= 0.3 is 0 Å². The van der Waals surface area contributed by atoms with Crippen molar-refractivity contribution in [2.75, 3.05) is 6.26 Å². The molecule has 4 nitrogen and oxygen atoms in total. The fourth-order valence-corrected chi connectivity index (χ4v) is 3.34. The lowest BCUT2D eigenvalue weighted by atomic mass is 10.1. The van der Waals surface area contributed by atoms with E-state index in [0.717, 1.165) is 11.1 Å². The smallest absolute Gasteiger partial charge is 0.251 e. The molecule has 0 spiro atoms. The minimum Gasteiger partial charge on any atom is -0.470 e. The fourth-order valence-electron chi connectivity index (χ4n) is 2.09. The summed E-state index contributed by atoms with van der Waals surface area (Å²) in [5, 5.41) is 1.92. The van der Waals surface area contributed by atoms with Gasteiger partial charge in [-0.1, -0.05) is 18.2 Å². The Morgan fingerprint density at radius 1 is 1.12 bits per heavy atom.